The predicted octanol–water partition coefficient (Wildman–Crippen LogP) is 3.33. The van der Waals surface area contributed by atoms with E-state index < -0.39 is 0 Å². The molecule has 0 saturated carbocycles. The molecule has 0 unspecified atom stereocenters. The zero-order valence-corrected chi connectivity index (χ0v) is 12.5. The summed E-state index contributed by atoms with van der Waals surface area (Å²) in [5.74, 6) is -0.109. The number of rotatable bonds is 4. The second-order valence-electron chi connectivity index (χ2n) is 5.31. The van der Waals surface area contributed by atoms with Gasteiger partial charge in [-0.15, -0.1) is 0 Å². The minimum atomic E-state index is -0.171. The molecule has 0 N–H and O–H groups in total. The van der Waals surface area contributed by atoms with Crippen LogP contribution in [0.3, 0.4) is 0 Å². The summed E-state index contributed by atoms with van der Waals surface area (Å²) in [5.41, 5.74) is 2.49. The lowest BCUT2D eigenvalue weighted by molar-refractivity contribution is -0.150. The standard InChI is InChI=1S/C17H23NO2/c1-4-20-17(19)16-12-13(2)10-11-18(16)14(3)15-8-6-5-7-9-15/h5-10,14,16H,4,11-12H2,1-3H3/t14-,16+/m1/s1. The van der Waals surface area contributed by atoms with Crippen LogP contribution in [0.5, 0.6) is 0 Å². The minimum Gasteiger partial charge on any atom is -0.465 e. The van der Waals surface area contributed by atoms with Gasteiger partial charge in [-0.1, -0.05) is 42.0 Å². The number of benzene rings is 1. The Labute approximate surface area is 121 Å². The molecule has 0 aromatic heterocycles. The Hall–Kier alpha value is -1.61. The average molecular weight is 273 g/mol. The monoisotopic (exact) mass is 273 g/mol. The topological polar surface area (TPSA) is 29.5 Å². The van der Waals surface area contributed by atoms with Gasteiger partial charge in [0.25, 0.3) is 0 Å². The summed E-state index contributed by atoms with van der Waals surface area (Å²) < 4.78 is 5.24. The Morgan fingerprint density at radius 3 is 2.75 bits per heavy atom. The largest absolute Gasteiger partial charge is 0.465 e. The van der Waals surface area contributed by atoms with Gasteiger partial charge in [-0.3, -0.25) is 9.69 Å². The Morgan fingerprint density at radius 1 is 1.40 bits per heavy atom. The van der Waals surface area contributed by atoms with Crippen molar-refractivity contribution in [3.63, 3.8) is 0 Å². The SMILES string of the molecule is CCOC(=O)[C@@H]1CC(C)=CCN1[C@H](C)c1ccccc1. The van der Waals surface area contributed by atoms with Crippen molar-refractivity contribution in [2.75, 3.05) is 13.2 Å². The fraction of sp³-hybridized carbons (Fsp3) is 0.471. The van der Waals surface area contributed by atoms with Gasteiger partial charge in [0.15, 0.2) is 0 Å². The van der Waals surface area contributed by atoms with Crippen LogP contribution in [0.15, 0.2) is 42.0 Å². The lowest BCUT2D eigenvalue weighted by Gasteiger charge is -2.37. The molecular formula is C17H23NO2. The van der Waals surface area contributed by atoms with E-state index >= 15 is 0 Å². The number of hydrogen-bond donors (Lipinski definition) is 0. The first-order chi connectivity index (χ1) is 9.63. The lowest BCUT2D eigenvalue weighted by Crippen LogP contribution is -2.45. The smallest absolute Gasteiger partial charge is 0.323 e. The molecule has 2 atom stereocenters. The highest BCUT2D eigenvalue weighted by Gasteiger charge is 2.33. The second kappa shape index (κ2) is 6.71. The molecule has 0 spiro atoms. The Bertz CT molecular complexity index is 481. The van der Waals surface area contributed by atoms with Gasteiger partial charge in [0.1, 0.15) is 6.04 Å². The van der Waals surface area contributed by atoms with Crippen LogP contribution < -0.4 is 0 Å². The highest BCUT2D eigenvalue weighted by atomic mass is 16.5. The van der Waals surface area contributed by atoms with E-state index in [0.29, 0.717) is 6.61 Å². The molecular weight excluding hydrogens is 250 g/mol. The number of esters is 1. The van der Waals surface area contributed by atoms with Gasteiger partial charge in [0.2, 0.25) is 0 Å². The van der Waals surface area contributed by atoms with Crippen LogP contribution in [-0.2, 0) is 9.53 Å². The Morgan fingerprint density at radius 2 is 2.10 bits per heavy atom. The third-order valence-corrected chi connectivity index (χ3v) is 3.90. The molecule has 1 aromatic rings. The summed E-state index contributed by atoms with van der Waals surface area (Å²) in [6.45, 7) is 7.32. The van der Waals surface area contributed by atoms with E-state index in [4.69, 9.17) is 4.74 Å². The van der Waals surface area contributed by atoms with Crippen LogP contribution in [0.25, 0.3) is 0 Å². The van der Waals surface area contributed by atoms with Gasteiger partial charge < -0.3 is 4.74 Å². The highest BCUT2D eigenvalue weighted by Crippen LogP contribution is 2.28. The van der Waals surface area contributed by atoms with Crippen LogP contribution in [0, 0.1) is 0 Å². The summed E-state index contributed by atoms with van der Waals surface area (Å²) in [7, 11) is 0. The van der Waals surface area contributed by atoms with Gasteiger partial charge in [-0.2, -0.15) is 0 Å². The maximum Gasteiger partial charge on any atom is 0.323 e. The third-order valence-electron chi connectivity index (χ3n) is 3.90. The maximum absolute atomic E-state index is 12.2. The molecule has 0 bridgehead atoms. The number of carbonyl (C=O) groups excluding carboxylic acids is 1. The Kier molecular flexibility index (Phi) is 4.96. The van der Waals surface area contributed by atoms with Crippen molar-refractivity contribution in [2.45, 2.75) is 39.3 Å². The maximum atomic E-state index is 12.2. The van der Waals surface area contributed by atoms with Crippen molar-refractivity contribution in [1.82, 2.24) is 4.90 Å². The minimum absolute atomic E-state index is 0.109. The summed E-state index contributed by atoms with van der Waals surface area (Å²) in [5, 5.41) is 0. The summed E-state index contributed by atoms with van der Waals surface area (Å²) >= 11 is 0. The van der Waals surface area contributed by atoms with Crippen LogP contribution in [0.1, 0.15) is 38.8 Å². The molecule has 1 heterocycles. The lowest BCUT2D eigenvalue weighted by atomic mass is 9.97. The first-order valence-corrected chi connectivity index (χ1v) is 7.26. The molecule has 0 saturated heterocycles. The van der Waals surface area contributed by atoms with E-state index in [-0.39, 0.29) is 18.1 Å². The molecule has 1 aromatic carbocycles. The zero-order valence-electron chi connectivity index (χ0n) is 12.5. The summed E-state index contributed by atoms with van der Waals surface area (Å²) in [4.78, 5) is 14.4. The first-order valence-electron chi connectivity index (χ1n) is 7.26. The van der Waals surface area contributed by atoms with E-state index in [1.165, 1.54) is 11.1 Å². The highest BCUT2D eigenvalue weighted by molar-refractivity contribution is 5.76. The normalized spacial score (nSPS) is 21.1. The molecule has 0 aliphatic carbocycles. The molecule has 2 rings (SSSR count). The van der Waals surface area contributed by atoms with Crippen LogP contribution in [-0.4, -0.2) is 30.1 Å². The van der Waals surface area contributed by atoms with Crippen molar-refractivity contribution >= 4 is 5.97 Å². The van der Waals surface area contributed by atoms with Gasteiger partial charge in [-0.05, 0) is 32.8 Å². The van der Waals surface area contributed by atoms with Crippen molar-refractivity contribution in [1.29, 1.82) is 0 Å². The van der Waals surface area contributed by atoms with Gasteiger partial charge >= 0.3 is 5.97 Å². The molecule has 108 valence electrons. The van der Waals surface area contributed by atoms with Crippen molar-refractivity contribution < 1.29 is 9.53 Å². The van der Waals surface area contributed by atoms with E-state index in [2.05, 4.69) is 37.0 Å². The van der Waals surface area contributed by atoms with Crippen LogP contribution >= 0.6 is 0 Å². The van der Waals surface area contributed by atoms with Gasteiger partial charge in [0.05, 0.1) is 6.61 Å². The molecule has 3 nitrogen and oxygen atoms in total. The molecule has 0 fully saturated rings. The molecule has 20 heavy (non-hydrogen) atoms. The molecule has 1 aliphatic rings. The Balaban J connectivity index is 2.20. The number of nitrogens with zero attached hydrogens (tertiary/aromatic N) is 1. The van der Waals surface area contributed by atoms with E-state index in [1.807, 2.05) is 25.1 Å². The van der Waals surface area contributed by atoms with Crippen molar-refractivity contribution in [2.24, 2.45) is 0 Å². The quantitative estimate of drug-likeness (QED) is 0.622. The van der Waals surface area contributed by atoms with Crippen molar-refractivity contribution in [3.05, 3.63) is 47.5 Å². The molecule has 0 radical (unpaired) electrons. The molecule has 1 aliphatic heterocycles. The third kappa shape index (κ3) is 3.28. The van der Waals surface area contributed by atoms with Crippen molar-refractivity contribution in [3.8, 4) is 0 Å². The fourth-order valence-electron chi connectivity index (χ4n) is 2.70. The van der Waals surface area contributed by atoms with E-state index in [0.717, 1.165) is 13.0 Å². The predicted molar refractivity (Wildman–Crippen MR) is 80.4 cm³/mol. The van der Waals surface area contributed by atoms with E-state index in [1.54, 1.807) is 0 Å². The van der Waals surface area contributed by atoms with Gasteiger partial charge in [0, 0.05) is 12.6 Å². The zero-order chi connectivity index (χ0) is 14.5. The van der Waals surface area contributed by atoms with Crippen LogP contribution in [0.4, 0.5) is 0 Å². The van der Waals surface area contributed by atoms with Gasteiger partial charge in [-0.25, -0.2) is 0 Å². The number of carbonyl (C=O) groups is 1. The summed E-state index contributed by atoms with van der Waals surface area (Å²) in [6.07, 6.45) is 2.96. The molecule has 3 heteroatoms. The average Bonchev–Trinajstić information content (AvgIpc) is 2.47. The summed E-state index contributed by atoms with van der Waals surface area (Å²) in [6, 6.07) is 10.3. The number of hydrogen-bond acceptors (Lipinski definition) is 3. The number of ether oxygens (including phenoxy) is 1. The second-order valence-corrected chi connectivity index (χ2v) is 5.31. The first kappa shape index (κ1) is 14.8. The fourth-order valence-corrected chi connectivity index (χ4v) is 2.70. The van der Waals surface area contributed by atoms with E-state index in [9.17, 15) is 4.79 Å². The van der Waals surface area contributed by atoms with Crippen LogP contribution in [0.2, 0.25) is 0 Å². The molecule has 0 amide bonds.